The molecule has 1 rings (SSSR count). The van der Waals surface area contributed by atoms with Crippen LogP contribution in [0.3, 0.4) is 0 Å². The first-order valence-electron chi connectivity index (χ1n) is 7.04. The van der Waals surface area contributed by atoms with Crippen LogP contribution < -0.4 is 5.32 Å². The molecule has 0 bridgehead atoms. The van der Waals surface area contributed by atoms with Crippen LogP contribution >= 0.6 is 0 Å². The number of unbranched alkanes of at least 4 members (excludes halogenated alkanes) is 4. The van der Waals surface area contributed by atoms with Gasteiger partial charge < -0.3 is 4.90 Å². The third-order valence-electron chi connectivity index (χ3n) is 3.58. The number of carbonyl (C=O) groups excluding carboxylic acids is 3. The average Bonchev–Trinajstić information content (AvgIpc) is 2.33. The molecule has 0 aromatic heterocycles. The highest BCUT2D eigenvalue weighted by Gasteiger charge is 2.42. The summed E-state index contributed by atoms with van der Waals surface area (Å²) in [6, 6.07) is 0. The normalized spacial score (nSPS) is 18.4. The molecule has 5 nitrogen and oxygen atoms in total. The van der Waals surface area contributed by atoms with Crippen molar-refractivity contribution in [3.05, 3.63) is 0 Å². The molecule has 0 spiro atoms. The molecule has 0 radical (unpaired) electrons. The van der Waals surface area contributed by atoms with Gasteiger partial charge in [0.1, 0.15) is 12.1 Å². The maximum atomic E-state index is 12.1. The molecule has 0 unspecified atom stereocenters. The zero-order valence-electron chi connectivity index (χ0n) is 12.1. The van der Waals surface area contributed by atoms with Crippen molar-refractivity contribution < 1.29 is 14.4 Å². The van der Waals surface area contributed by atoms with E-state index >= 15 is 0 Å². The third kappa shape index (κ3) is 4.04. The number of amides is 3. The fraction of sp³-hybridized carbons (Fsp3) is 0.786. The predicted octanol–water partition coefficient (Wildman–Crippen LogP) is 1.61. The Morgan fingerprint density at radius 2 is 1.84 bits per heavy atom. The van der Waals surface area contributed by atoms with Gasteiger partial charge in [0.2, 0.25) is 11.8 Å². The maximum Gasteiger partial charge on any atom is 0.252 e. The Labute approximate surface area is 114 Å². The second-order valence-electron chi connectivity index (χ2n) is 5.58. The molecule has 1 fully saturated rings. The Hall–Kier alpha value is -1.39. The first kappa shape index (κ1) is 15.7. The Morgan fingerprint density at radius 3 is 2.47 bits per heavy atom. The number of hydrogen-bond acceptors (Lipinski definition) is 3. The Bertz CT molecular complexity index is 364. The molecule has 19 heavy (non-hydrogen) atoms. The molecule has 5 heteroatoms. The lowest BCUT2D eigenvalue weighted by molar-refractivity contribution is -0.155. The van der Waals surface area contributed by atoms with E-state index in [0.29, 0.717) is 6.42 Å². The molecule has 0 aromatic rings. The topological polar surface area (TPSA) is 66.5 Å². The molecule has 1 saturated heterocycles. The van der Waals surface area contributed by atoms with E-state index in [1.54, 1.807) is 13.8 Å². The van der Waals surface area contributed by atoms with Gasteiger partial charge in [0, 0.05) is 6.42 Å². The van der Waals surface area contributed by atoms with Crippen LogP contribution in [0.1, 0.15) is 59.3 Å². The maximum absolute atomic E-state index is 12.1. The Balaban J connectivity index is 2.50. The summed E-state index contributed by atoms with van der Waals surface area (Å²) in [6.07, 6.45) is 5.74. The number of nitrogens with zero attached hydrogens (tertiary/aromatic N) is 1. The summed E-state index contributed by atoms with van der Waals surface area (Å²) in [5.74, 6) is -0.906. The molecule has 1 N–H and O–H groups in total. The minimum absolute atomic E-state index is 0.0213. The van der Waals surface area contributed by atoms with Crippen molar-refractivity contribution in [1.29, 1.82) is 0 Å². The van der Waals surface area contributed by atoms with Crippen molar-refractivity contribution in [2.24, 2.45) is 0 Å². The zero-order chi connectivity index (χ0) is 14.5. The van der Waals surface area contributed by atoms with Gasteiger partial charge in [-0.25, -0.2) is 0 Å². The lowest BCUT2D eigenvalue weighted by Gasteiger charge is -2.40. The molecular weight excluding hydrogens is 244 g/mol. The van der Waals surface area contributed by atoms with Crippen LogP contribution in [-0.2, 0) is 14.4 Å². The highest BCUT2D eigenvalue weighted by Crippen LogP contribution is 2.20. The van der Waals surface area contributed by atoms with Gasteiger partial charge in [0.15, 0.2) is 0 Å². The third-order valence-corrected chi connectivity index (χ3v) is 3.58. The quantitative estimate of drug-likeness (QED) is 0.588. The van der Waals surface area contributed by atoms with Crippen molar-refractivity contribution >= 4 is 17.7 Å². The summed E-state index contributed by atoms with van der Waals surface area (Å²) in [7, 11) is 0. The minimum atomic E-state index is -0.936. The number of imide groups is 1. The first-order valence-corrected chi connectivity index (χ1v) is 7.04. The number of rotatable bonds is 6. The van der Waals surface area contributed by atoms with Crippen LogP contribution in [0.4, 0.5) is 0 Å². The van der Waals surface area contributed by atoms with E-state index in [1.165, 1.54) is 17.7 Å². The summed E-state index contributed by atoms with van der Waals surface area (Å²) in [6.45, 7) is 5.46. The van der Waals surface area contributed by atoms with E-state index in [9.17, 15) is 14.4 Å². The van der Waals surface area contributed by atoms with Crippen LogP contribution in [0.15, 0.2) is 0 Å². The van der Waals surface area contributed by atoms with E-state index in [2.05, 4.69) is 12.2 Å². The van der Waals surface area contributed by atoms with Crippen molar-refractivity contribution in [3.8, 4) is 0 Å². The molecule has 0 atom stereocenters. The average molecular weight is 268 g/mol. The van der Waals surface area contributed by atoms with E-state index in [0.717, 1.165) is 19.3 Å². The monoisotopic (exact) mass is 268 g/mol. The second-order valence-corrected chi connectivity index (χ2v) is 5.58. The fourth-order valence-corrected chi connectivity index (χ4v) is 2.20. The van der Waals surface area contributed by atoms with Crippen LogP contribution in [0.5, 0.6) is 0 Å². The summed E-state index contributed by atoms with van der Waals surface area (Å²) in [5, 5.41) is 2.27. The summed E-state index contributed by atoms with van der Waals surface area (Å²) in [5.41, 5.74) is -0.936. The van der Waals surface area contributed by atoms with Gasteiger partial charge in [-0.15, -0.1) is 0 Å². The Kier molecular flexibility index (Phi) is 5.51. The number of piperazine rings is 1. The predicted molar refractivity (Wildman–Crippen MR) is 72.3 cm³/mol. The van der Waals surface area contributed by atoms with Gasteiger partial charge in [0.25, 0.3) is 5.91 Å². The molecule has 108 valence electrons. The highest BCUT2D eigenvalue weighted by atomic mass is 16.2. The van der Waals surface area contributed by atoms with E-state index in [-0.39, 0.29) is 12.5 Å². The van der Waals surface area contributed by atoms with Crippen molar-refractivity contribution in [2.45, 2.75) is 64.8 Å². The van der Waals surface area contributed by atoms with Crippen LogP contribution in [-0.4, -0.2) is 34.7 Å². The first-order chi connectivity index (χ1) is 8.89. The van der Waals surface area contributed by atoms with Crippen molar-refractivity contribution in [1.82, 2.24) is 10.2 Å². The van der Waals surface area contributed by atoms with Gasteiger partial charge >= 0.3 is 0 Å². The van der Waals surface area contributed by atoms with Crippen LogP contribution in [0.25, 0.3) is 0 Å². The second kappa shape index (κ2) is 6.68. The van der Waals surface area contributed by atoms with Crippen molar-refractivity contribution in [2.75, 3.05) is 6.54 Å². The standard InChI is InChI=1S/C14H24N2O3/c1-4-5-6-7-8-9-12(18)16-10-11(17)15-13(19)14(16,2)3/h4-10H2,1-3H3,(H,15,17,19). The molecule has 0 aromatic carbocycles. The van der Waals surface area contributed by atoms with Crippen LogP contribution in [0, 0.1) is 0 Å². The zero-order valence-corrected chi connectivity index (χ0v) is 12.1. The van der Waals surface area contributed by atoms with E-state index in [1.807, 2.05) is 0 Å². The smallest absolute Gasteiger partial charge is 0.252 e. The minimum Gasteiger partial charge on any atom is -0.319 e. The summed E-state index contributed by atoms with van der Waals surface area (Å²) >= 11 is 0. The van der Waals surface area contributed by atoms with E-state index in [4.69, 9.17) is 0 Å². The number of hydrogen-bond donors (Lipinski definition) is 1. The van der Waals surface area contributed by atoms with E-state index < -0.39 is 17.4 Å². The molecule has 3 amide bonds. The van der Waals surface area contributed by atoms with Crippen LogP contribution in [0.2, 0.25) is 0 Å². The summed E-state index contributed by atoms with van der Waals surface area (Å²) in [4.78, 5) is 36.6. The number of carbonyl (C=O) groups is 3. The van der Waals surface area contributed by atoms with Crippen molar-refractivity contribution in [3.63, 3.8) is 0 Å². The molecule has 0 aliphatic carbocycles. The number of nitrogens with one attached hydrogen (secondary N) is 1. The lowest BCUT2D eigenvalue weighted by atomic mass is 9.97. The largest absolute Gasteiger partial charge is 0.319 e. The summed E-state index contributed by atoms with van der Waals surface area (Å²) < 4.78 is 0. The molecule has 1 aliphatic rings. The molecule has 1 heterocycles. The van der Waals surface area contributed by atoms with Gasteiger partial charge in [-0.2, -0.15) is 0 Å². The fourth-order valence-electron chi connectivity index (χ4n) is 2.20. The molecule has 0 saturated carbocycles. The molecular formula is C14H24N2O3. The Morgan fingerprint density at radius 1 is 1.21 bits per heavy atom. The van der Waals surface area contributed by atoms with Gasteiger partial charge in [-0.1, -0.05) is 32.6 Å². The molecule has 1 aliphatic heterocycles. The van der Waals surface area contributed by atoms with Gasteiger partial charge in [0.05, 0.1) is 0 Å². The van der Waals surface area contributed by atoms with Gasteiger partial charge in [-0.05, 0) is 20.3 Å². The lowest BCUT2D eigenvalue weighted by Crippen LogP contribution is -2.65. The SMILES string of the molecule is CCCCCCCC(=O)N1CC(=O)NC(=O)C1(C)C. The van der Waals surface area contributed by atoms with Gasteiger partial charge in [-0.3, -0.25) is 19.7 Å². The highest BCUT2D eigenvalue weighted by molar-refractivity contribution is 6.06.